The van der Waals surface area contributed by atoms with Crippen LogP contribution in [0.2, 0.25) is 0 Å². The fourth-order valence-corrected chi connectivity index (χ4v) is 5.06. The maximum Gasteiger partial charge on any atom is 0.433 e. The van der Waals surface area contributed by atoms with Gasteiger partial charge in [-0.05, 0) is 36.8 Å². The predicted molar refractivity (Wildman–Crippen MR) is 114 cm³/mol. The molecule has 2 heterocycles. The maximum atomic E-state index is 13.2. The fraction of sp³-hybridized carbons (Fsp3) is 0.300. The zero-order valence-electron chi connectivity index (χ0n) is 17.1. The first kappa shape index (κ1) is 23.0. The van der Waals surface area contributed by atoms with Crippen LogP contribution in [-0.2, 0) is 15.9 Å². The highest BCUT2D eigenvalue weighted by atomic mass is 32.2. The highest BCUT2D eigenvalue weighted by Crippen LogP contribution is 2.35. The fourth-order valence-electron chi connectivity index (χ4n) is 2.73. The lowest BCUT2D eigenvalue weighted by Crippen LogP contribution is -2.11. The molecule has 6 nitrogen and oxygen atoms in total. The Bertz CT molecular complexity index is 1180. The molecule has 0 spiro atoms. The van der Waals surface area contributed by atoms with E-state index in [9.17, 15) is 17.4 Å². The van der Waals surface area contributed by atoms with Crippen LogP contribution in [0.4, 0.5) is 18.3 Å². The third-order valence-electron chi connectivity index (χ3n) is 4.63. The summed E-state index contributed by atoms with van der Waals surface area (Å²) in [6, 6.07) is 7.50. The van der Waals surface area contributed by atoms with E-state index in [2.05, 4.69) is 14.3 Å². The van der Waals surface area contributed by atoms with E-state index in [1.54, 1.807) is 31.5 Å². The topological polar surface area (TPSA) is 73.7 Å². The Balaban J connectivity index is 1.88. The molecule has 0 amide bonds. The summed E-state index contributed by atoms with van der Waals surface area (Å²) in [5, 5.41) is 1.44. The van der Waals surface area contributed by atoms with E-state index in [0.717, 1.165) is 17.8 Å². The number of methoxy groups -OCH3 is 2. The van der Waals surface area contributed by atoms with Crippen molar-refractivity contribution in [2.45, 2.75) is 18.3 Å². The molecule has 0 bridgehead atoms. The molecular weight excluding hydrogens is 451 g/mol. The minimum Gasteiger partial charge on any atom is -0.493 e. The van der Waals surface area contributed by atoms with Gasteiger partial charge < -0.3 is 9.47 Å². The second kappa shape index (κ2) is 8.83. The van der Waals surface area contributed by atoms with Gasteiger partial charge in [0.1, 0.15) is 5.69 Å². The molecule has 0 saturated heterocycles. The van der Waals surface area contributed by atoms with Crippen LogP contribution in [0, 0.1) is 0 Å². The normalized spacial score (nSPS) is 14.5. The molecule has 0 radical (unpaired) electrons. The number of benzene rings is 1. The highest BCUT2D eigenvalue weighted by Gasteiger charge is 2.32. The summed E-state index contributed by atoms with van der Waals surface area (Å²) in [5.74, 6) is 1.14. The van der Waals surface area contributed by atoms with E-state index < -0.39 is 26.8 Å². The van der Waals surface area contributed by atoms with Crippen LogP contribution in [-0.4, -0.2) is 34.7 Å². The van der Waals surface area contributed by atoms with E-state index >= 15 is 0 Å². The van der Waals surface area contributed by atoms with Crippen molar-refractivity contribution in [3.63, 3.8) is 0 Å². The van der Waals surface area contributed by atoms with Crippen LogP contribution >= 0.6 is 11.3 Å². The molecule has 31 heavy (non-hydrogen) atoms. The minimum atomic E-state index is -4.53. The first-order valence-corrected chi connectivity index (χ1v) is 11.8. The number of alkyl halides is 3. The number of rotatable bonds is 6. The average molecular weight is 472 g/mol. The van der Waals surface area contributed by atoms with Gasteiger partial charge in [-0.2, -0.15) is 17.5 Å². The lowest BCUT2D eigenvalue weighted by molar-refractivity contribution is -0.141. The molecule has 2 unspecified atom stereocenters. The summed E-state index contributed by atoms with van der Waals surface area (Å²) in [6.07, 6.45) is -1.99. The molecule has 2 aromatic heterocycles. The van der Waals surface area contributed by atoms with Gasteiger partial charge in [-0.25, -0.2) is 9.19 Å². The Morgan fingerprint density at radius 2 is 1.84 bits per heavy atom. The zero-order valence-corrected chi connectivity index (χ0v) is 18.8. The molecule has 3 aromatic rings. The molecule has 1 aromatic carbocycles. The molecule has 0 N–H and O–H groups in total. The average Bonchev–Trinajstić information content (AvgIpc) is 3.19. The summed E-state index contributed by atoms with van der Waals surface area (Å²) in [7, 11) is 0.229. The summed E-state index contributed by atoms with van der Waals surface area (Å²) >= 11 is 1.22. The molecule has 11 heteroatoms. The van der Waals surface area contributed by atoms with Crippen molar-refractivity contribution in [1.82, 2.24) is 9.97 Å². The van der Waals surface area contributed by atoms with Crippen molar-refractivity contribution < 1.29 is 26.9 Å². The molecule has 3 rings (SSSR count). The van der Waals surface area contributed by atoms with E-state index in [1.165, 1.54) is 30.8 Å². The summed E-state index contributed by atoms with van der Waals surface area (Å²) < 4.78 is 66.1. The number of hydrogen-bond acceptors (Lipinski definition) is 7. The van der Waals surface area contributed by atoms with Gasteiger partial charge in [0.2, 0.25) is 5.13 Å². The van der Waals surface area contributed by atoms with Crippen molar-refractivity contribution in [2.24, 2.45) is 4.36 Å². The Morgan fingerprint density at radius 1 is 1.13 bits per heavy atom. The van der Waals surface area contributed by atoms with E-state index in [4.69, 9.17) is 9.47 Å². The van der Waals surface area contributed by atoms with E-state index in [1.807, 2.05) is 6.07 Å². The second-order valence-electron chi connectivity index (χ2n) is 6.65. The number of ether oxygens (including phenoxy) is 2. The smallest absolute Gasteiger partial charge is 0.433 e. The monoisotopic (exact) mass is 471 g/mol. The van der Waals surface area contributed by atoms with E-state index in [0.29, 0.717) is 27.9 Å². The molecule has 2 atom stereocenters. The number of thiazole rings is 1. The van der Waals surface area contributed by atoms with Gasteiger partial charge in [-0.3, -0.25) is 4.98 Å². The third kappa shape index (κ3) is 5.16. The van der Waals surface area contributed by atoms with Gasteiger partial charge in [0.15, 0.2) is 11.5 Å². The Labute approximate surface area is 182 Å². The van der Waals surface area contributed by atoms with Gasteiger partial charge in [-0.1, -0.05) is 6.07 Å². The Hall–Kier alpha value is -2.66. The zero-order chi connectivity index (χ0) is 22.8. The van der Waals surface area contributed by atoms with Crippen LogP contribution in [0.5, 0.6) is 11.5 Å². The maximum absolute atomic E-state index is 13.2. The largest absolute Gasteiger partial charge is 0.493 e. The predicted octanol–water partition coefficient (Wildman–Crippen LogP) is 5.73. The Morgan fingerprint density at radius 3 is 2.42 bits per heavy atom. The van der Waals surface area contributed by atoms with Crippen LogP contribution < -0.4 is 9.47 Å². The van der Waals surface area contributed by atoms with Gasteiger partial charge in [0.25, 0.3) is 0 Å². The van der Waals surface area contributed by atoms with Crippen molar-refractivity contribution in [2.75, 3.05) is 20.5 Å². The van der Waals surface area contributed by atoms with Gasteiger partial charge >= 0.3 is 6.18 Å². The molecule has 0 saturated carbocycles. The van der Waals surface area contributed by atoms with Gasteiger partial charge in [0.05, 0.1) is 34.9 Å². The lowest BCUT2D eigenvalue weighted by Gasteiger charge is -2.14. The first-order chi connectivity index (χ1) is 14.5. The first-order valence-electron chi connectivity index (χ1n) is 8.97. The van der Waals surface area contributed by atoms with Crippen molar-refractivity contribution in [3.8, 4) is 22.8 Å². The molecular formula is C20H20F3N3O3S2. The third-order valence-corrected chi connectivity index (χ3v) is 7.60. The highest BCUT2D eigenvalue weighted by molar-refractivity contribution is 7.93. The lowest BCUT2D eigenvalue weighted by atomic mass is 10.1. The molecule has 0 aliphatic heterocycles. The van der Waals surface area contributed by atoms with Crippen molar-refractivity contribution in [3.05, 3.63) is 53.2 Å². The van der Waals surface area contributed by atoms with E-state index in [-0.39, 0.29) is 0 Å². The molecule has 166 valence electrons. The quantitative estimate of drug-likeness (QED) is 0.459. The minimum absolute atomic E-state index is 0.309. The SMILES string of the molecule is COc1ccc(-c2csc(N=S(C)(=O)C(C)c3ccc(C(F)(F)F)nc3)n2)cc1OC. The summed E-state index contributed by atoms with van der Waals surface area (Å²) in [6.45, 7) is 1.64. The number of aromatic nitrogens is 2. The molecule has 0 aliphatic rings. The van der Waals surface area contributed by atoms with Crippen molar-refractivity contribution >= 4 is 26.2 Å². The number of nitrogens with zero attached hydrogens (tertiary/aromatic N) is 3. The standard InChI is InChI=1S/C20H20F3N3O3S2/c1-12(14-6-8-18(24-10-14)20(21,22)23)31(4,27)26-19-25-15(11-30-19)13-5-7-16(28-2)17(9-13)29-3/h5-12H,1-4H3. The van der Waals surface area contributed by atoms with Crippen LogP contribution in [0.25, 0.3) is 11.3 Å². The molecule has 0 aliphatic carbocycles. The Kier molecular flexibility index (Phi) is 6.56. The van der Waals surface area contributed by atoms with Crippen LogP contribution in [0.15, 0.2) is 46.3 Å². The molecule has 0 fully saturated rings. The summed E-state index contributed by atoms with van der Waals surface area (Å²) in [4.78, 5) is 7.87. The number of hydrogen-bond donors (Lipinski definition) is 0. The second-order valence-corrected chi connectivity index (χ2v) is 10.1. The summed E-state index contributed by atoms with van der Waals surface area (Å²) in [5.41, 5.74) is 0.810. The van der Waals surface area contributed by atoms with Gasteiger partial charge in [0, 0.05) is 23.4 Å². The van der Waals surface area contributed by atoms with Crippen LogP contribution in [0.3, 0.4) is 0 Å². The van der Waals surface area contributed by atoms with Crippen LogP contribution in [0.1, 0.15) is 23.4 Å². The van der Waals surface area contributed by atoms with Gasteiger partial charge in [-0.15, -0.1) is 11.3 Å². The van der Waals surface area contributed by atoms with Crippen molar-refractivity contribution in [1.29, 1.82) is 0 Å². The number of pyridine rings is 1. The number of halogens is 3.